The van der Waals surface area contributed by atoms with Crippen molar-refractivity contribution in [2.45, 2.75) is 97.5 Å². The van der Waals surface area contributed by atoms with Crippen molar-refractivity contribution in [3.05, 3.63) is 83.9 Å². The minimum absolute atomic E-state index is 0.00968. The van der Waals surface area contributed by atoms with E-state index < -0.39 is 38.2 Å². The molecule has 1 saturated carbocycles. The van der Waals surface area contributed by atoms with Gasteiger partial charge in [0.1, 0.15) is 5.75 Å². The average molecular weight is 662 g/mol. The first-order valence-electron chi connectivity index (χ1n) is 15.4. The van der Waals surface area contributed by atoms with Gasteiger partial charge in [-0.05, 0) is 110 Å². The first-order chi connectivity index (χ1) is 21.1. The smallest absolute Gasteiger partial charge is 0.405 e. The van der Waals surface area contributed by atoms with Crippen LogP contribution in [0.25, 0.3) is 0 Å². The van der Waals surface area contributed by atoms with E-state index in [2.05, 4.69) is 69.3 Å². The lowest BCUT2D eigenvalue weighted by Gasteiger charge is -2.29. The summed E-state index contributed by atoms with van der Waals surface area (Å²) >= 11 is 0. The normalized spacial score (nSPS) is 24.3. The van der Waals surface area contributed by atoms with Crippen molar-refractivity contribution in [3.8, 4) is 5.75 Å². The first kappa shape index (κ1) is 33.9. The minimum atomic E-state index is -5.63. The fourth-order valence-electron chi connectivity index (χ4n) is 5.99. The predicted molar refractivity (Wildman–Crippen MR) is 171 cm³/mol. The zero-order chi connectivity index (χ0) is 32.6. The number of rotatable bonds is 8. The Kier molecular flexibility index (Phi) is 9.74. The molecular weight excluding hydrogens is 619 g/mol. The standard InChI is InChI=1S/C35H42F2O6S2/c1-24(35(36,37)45(38,39)40)43-29-14-20-32(21-15-29)44(30-16-10-27(11-17-30)33(2,3)4)31-18-12-28(13-19-31)34(5)41-22-25-8-6-7-9-26(25)23-42-34/h10-21,24-26H,6-9,22-23H2,1-5H3/p+1. The molecule has 0 radical (unpaired) electrons. The monoisotopic (exact) mass is 661 g/mol. The summed E-state index contributed by atoms with van der Waals surface area (Å²) in [7, 11) is -6.19. The van der Waals surface area contributed by atoms with Crippen LogP contribution in [0, 0.1) is 11.8 Å². The van der Waals surface area contributed by atoms with Gasteiger partial charge in [-0.15, -0.1) is 0 Å². The van der Waals surface area contributed by atoms with Crippen LogP contribution in [-0.4, -0.2) is 37.5 Å². The average Bonchev–Trinajstić information content (AvgIpc) is 3.17. The van der Waals surface area contributed by atoms with Crippen molar-refractivity contribution in [2.24, 2.45) is 11.8 Å². The van der Waals surface area contributed by atoms with Gasteiger partial charge in [-0.1, -0.05) is 45.7 Å². The highest BCUT2D eigenvalue weighted by Gasteiger charge is 2.51. The summed E-state index contributed by atoms with van der Waals surface area (Å²) in [4.78, 5) is 3.05. The summed E-state index contributed by atoms with van der Waals surface area (Å²) < 4.78 is 77.5. The maximum atomic E-state index is 14.1. The van der Waals surface area contributed by atoms with Gasteiger partial charge in [-0.25, -0.2) is 0 Å². The molecule has 1 saturated heterocycles. The Morgan fingerprint density at radius 2 is 1.29 bits per heavy atom. The highest BCUT2D eigenvalue weighted by molar-refractivity contribution is 7.97. The number of hydrogen-bond donors (Lipinski definition) is 1. The van der Waals surface area contributed by atoms with E-state index in [-0.39, 0.29) is 11.2 Å². The molecule has 2 aliphatic rings. The van der Waals surface area contributed by atoms with E-state index in [0.29, 0.717) is 25.0 Å². The highest BCUT2D eigenvalue weighted by Crippen LogP contribution is 2.40. The summed E-state index contributed by atoms with van der Waals surface area (Å²) in [6.45, 7) is 10.8. The summed E-state index contributed by atoms with van der Waals surface area (Å²) in [6, 6.07) is 23.5. The molecule has 2 fully saturated rings. The quantitative estimate of drug-likeness (QED) is 0.193. The second kappa shape index (κ2) is 13.0. The topological polar surface area (TPSA) is 82.1 Å². The molecule has 0 bridgehead atoms. The van der Waals surface area contributed by atoms with Crippen molar-refractivity contribution in [3.63, 3.8) is 0 Å². The Labute approximate surface area is 268 Å². The third kappa shape index (κ3) is 7.41. The van der Waals surface area contributed by atoms with Crippen molar-refractivity contribution in [2.75, 3.05) is 13.2 Å². The van der Waals surface area contributed by atoms with Crippen LogP contribution in [0.3, 0.4) is 0 Å². The van der Waals surface area contributed by atoms with Gasteiger partial charge >= 0.3 is 15.4 Å². The number of halogens is 2. The van der Waals surface area contributed by atoms with Crippen molar-refractivity contribution >= 4 is 21.0 Å². The van der Waals surface area contributed by atoms with Crippen LogP contribution in [0.5, 0.6) is 5.75 Å². The molecule has 1 aliphatic carbocycles. The molecule has 45 heavy (non-hydrogen) atoms. The lowest BCUT2D eigenvalue weighted by Crippen LogP contribution is -2.42. The Balaban J connectivity index is 1.44. The molecule has 3 aromatic rings. The third-order valence-electron chi connectivity index (χ3n) is 8.97. The molecule has 1 heterocycles. The lowest BCUT2D eigenvalue weighted by atomic mass is 9.80. The number of alkyl halides is 2. The predicted octanol–water partition coefficient (Wildman–Crippen LogP) is 8.35. The van der Waals surface area contributed by atoms with Crippen LogP contribution >= 0.6 is 0 Å². The van der Waals surface area contributed by atoms with E-state index in [4.69, 9.17) is 18.8 Å². The molecule has 1 aliphatic heterocycles. The van der Waals surface area contributed by atoms with Crippen LogP contribution in [0.15, 0.2) is 87.5 Å². The van der Waals surface area contributed by atoms with E-state index in [9.17, 15) is 17.2 Å². The molecule has 0 spiro atoms. The maximum absolute atomic E-state index is 14.1. The van der Waals surface area contributed by atoms with E-state index in [1.807, 2.05) is 6.92 Å². The van der Waals surface area contributed by atoms with Gasteiger partial charge in [-0.2, -0.15) is 17.2 Å². The third-order valence-corrected chi connectivity index (χ3v) is 12.2. The summed E-state index contributed by atoms with van der Waals surface area (Å²) in [5.41, 5.74) is 2.15. The molecule has 0 amide bonds. The fourth-order valence-corrected chi connectivity index (χ4v) is 8.50. The lowest BCUT2D eigenvalue weighted by molar-refractivity contribution is -0.225. The zero-order valence-electron chi connectivity index (χ0n) is 26.5. The number of hydrogen-bond acceptors (Lipinski definition) is 5. The minimum Gasteiger partial charge on any atom is -0.483 e. The molecule has 1 N–H and O–H groups in total. The molecule has 10 heteroatoms. The fraction of sp³-hybridized carbons (Fsp3) is 0.486. The Hall–Kier alpha value is -2.50. The van der Waals surface area contributed by atoms with Gasteiger partial charge in [0, 0.05) is 5.56 Å². The van der Waals surface area contributed by atoms with Crippen LogP contribution in [-0.2, 0) is 41.7 Å². The van der Waals surface area contributed by atoms with Crippen LogP contribution in [0.2, 0.25) is 0 Å². The number of fused-ring (bicyclic) bond motifs is 1. The van der Waals surface area contributed by atoms with E-state index in [1.165, 1.54) is 43.4 Å². The van der Waals surface area contributed by atoms with Gasteiger partial charge in [0.25, 0.3) is 0 Å². The van der Waals surface area contributed by atoms with Gasteiger partial charge in [-0.3, -0.25) is 4.55 Å². The zero-order valence-corrected chi connectivity index (χ0v) is 28.1. The van der Waals surface area contributed by atoms with Crippen LogP contribution < -0.4 is 4.74 Å². The van der Waals surface area contributed by atoms with Crippen molar-refractivity contribution in [1.29, 1.82) is 0 Å². The van der Waals surface area contributed by atoms with Gasteiger partial charge in [0.05, 0.1) is 24.1 Å². The van der Waals surface area contributed by atoms with Crippen molar-refractivity contribution in [1.82, 2.24) is 0 Å². The highest BCUT2D eigenvalue weighted by atomic mass is 32.2. The summed E-state index contributed by atoms with van der Waals surface area (Å²) in [5.74, 6) is 0.308. The number of ether oxygens (including phenoxy) is 3. The SMILES string of the molecule is CC(Oc1ccc([S+](c2ccc(C(C)(C)C)cc2)c2ccc(C3(C)OCC4CCCCC4CO3)cc2)cc1)C(F)(F)S(=O)(=O)O. The summed E-state index contributed by atoms with van der Waals surface area (Å²) in [5, 5.41) is -4.45. The molecule has 4 atom stereocenters. The maximum Gasteiger partial charge on any atom is 0.405 e. The molecular formula is C35H43F2O6S2+. The molecule has 4 unspecified atom stereocenters. The first-order valence-corrected chi connectivity index (χ1v) is 18.1. The van der Waals surface area contributed by atoms with E-state index >= 15 is 0 Å². The molecule has 3 aromatic carbocycles. The Bertz CT molecular complexity index is 1540. The number of benzene rings is 3. The van der Waals surface area contributed by atoms with Crippen molar-refractivity contribution < 1.29 is 36.0 Å². The van der Waals surface area contributed by atoms with Gasteiger partial charge in [0.15, 0.2) is 26.6 Å². The molecule has 6 nitrogen and oxygen atoms in total. The Morgan fingerprint density at radius 3 is 1.73 bits per heavy atom. The van der Waals surface area contributed by atoms with Gasteiger partial charge in [0.2, 0.25) is 0 Å². The largest absolute Gasteiger partial charge is 0.483 e. The van der Waals surface area contributed by atoms with Crippen LogP contribution in [0.4, 0.5) is 8.78 Å². The van der Waals surface area contributed by atoms with E-state index in [0.717, 1.165) is 27.2 Å². The van der Waals surface area contributed by atoms with Crippen LogP contribution in [0.1, 0.15) is 71.4 Å². The second-order valence-corrected chi connectivity index (χ2v) is 16.8. The second-order valence-electron chi connectivity index (χ2n) is 13.2. The molecule has 5 rings (SSSR count). The van der Waals surface area contributed by atoms with Gasteiger partial charge < -0.3 is 14.2 Å². The summed E-state index contributed by atoms with van der Waals surface area (Å²) in [6.07, 6.45) is 2.78. The van der Waals surface area contributed by atoms with E-state index in [1.54, 1.807) is 12.1 Å². The Morgan fingerprint density at radius 1 is 0.844 bits per heavy atom. The molecule has 0 aromatic heterocycles. The molecule has 244 valence electrons.